The lowest BCUT2D eigenvalue weighted by Crippen LogP contribution is -2.08. The Morgan fingerprint density at radius 3 is 2.09 bits per heavy atom. The van der Waals surface area contributed by atoms with Crippen LogP contribution >= 0.6 is 0 Å². The number of aryl methyl sites for hydroxylation is 1. The number of hydrogen-bond acceptors (Lipinski definition) is 6. The van der Waals surface area contributed by atoms with Crippen LogP contribution in [0, 0.1) is 6.92 Å². The van der Waals surface area contributed by atoms with Gasteiger partial charge in [-0.3, -0.25) is 0 Å². The summed E-state index contributed by atoms with van der Waals surface area (Å²) in [5.74, 6) is 0.771. The number of nitrogens with zero attached hydrogens (tertiary/aromatic N) is 4. The summed E-state index contributed by atoms with van der Waals surface area (Å²) in [4.78, 5) is 0. The highest BCUT2D eigenvalue weighted by Gasteiger charge is 2.02. The molecule has 6 nitrogen and oxygen atoms in total. The van der Waals surface area contributed by atoms with Crippen molar-refractivity contribution >= 4 is 17.6 Å². The lowest BCUT2D eigenvalue weighted by atomic mass is 10.2. The first kappa shape index (κ1) is 13.9. The molecular formula is C16H16N6. The Kier molecular flexibility index (Phi) is 4.20. The first-order valence-electron chi connectivity index (χ1n) is 6.98. The Morgan fingerprint density at radius 1 is 0.773 bits per heavy atom. The van der Waals surface area contributed by atoms with Gasteiger partial charge in [0, 0.05) is 12.2 Å². The summed E-state index contributed by atoms with van der Waals surface area (Å²) in [6.45, 7) is 2.67. The molecule has 0 fully saturated rings. The smallest absolute Gasteiger partial charge is 0.266 e. The molecule has 0 saturated carbocycles. The average molecular weight is 292 g/mol. The minimum Gasteiger partial charge on any atom is -0.348 e. The Bertz CT molecular complexity index is 710. The van der Waals surface area contributed by atoms with E-state index in [-0.39, 0.29) is 0 Å². The maximum Gasteiger partial charge on any atom is 0.266 e. The Hall–Kier alpha value is -3.02. The van der Waals surface area contributed by atoms with E-state index < -0.39 is 0 Å². The first-order valence-corrected chi connectivity index (χ1v) is 6.98. The molecule has 3 aromatic rings. The monoisotopic (exact) mass is 292 g/mol. The van der Waals surface area contributed by atoms with Crippen LogP contribution in [-0.4, -0.2) is 20.4 Å². The van der Waals surface area contributed by atoms with E-state index in [2.05, 4.69) is 31.0 Å². The van der Waals surface area contributed by atoms with Crippen LogP contribution in [0.2, 0.25) is 0 Å². The number of nitrogens with one attached hydrogen (secondary N) is 2. The molecule has 6 heteroatoms. The highest BCUT2D eigenvalue weighted by Crippen LogP contribution is 2.12. The van der Waals surface area contributed by atoms with Gasteiger partial charge in [-0.1, -0.05) is 48.0 Å². The third-order valence-electron chi connectivity index (χ3n) is 3.08. The fraction of sp³-hybridized carbons (Fsp3) is 0.125. The molecule has 0 bridgehead atoms. The fourth-order valence-corrected chi connectivity index (χ4v) is 1.89. The van der Waals surface area contributed by atoms with Crippen LogP contribution in [-0.2, 0) is 6.54 Å². The molecule has 0 aliphatic heterocycles. The second kappa shape index (κ2) is 6.62. The first-order chi connectivity index (χ1) is 10.8. The van der Waals surface area contributed by atoms with Gasteiger partial charge >= 0.3 is 0 Å². The molecule has 0 radical (unpaired) electrons. The zero-order valence-corrected chi connectivity index (χ0v) is 12.2. The van der Waals surface area contributed by atoms with Crippen LogP contribution in [0.15, 0.2) is 54.6 Å². The van der Waals surface area contributed by atoms with E-state index in [1.165, 1.54) is 5.56 Å². The second-order valence-corrected chi connectivity index (χ2v) is 4.88. The lowest BCUT2D eigenvalue weighted by Gasteiger charge is -2.05. The predicted molar refractivity (Wildman–Crippen MR) is 85.9 cm³/mol. The molecule has 1 aromatic heterocycles. The molecule has 0 amide bonds. The number of hydrogen-bond donors (Lipinski definition) is 2. The van der Waals surface area contributed by atoms with Crippen molar-refractivity contribution in [1.82, 2.24) is 20.4 Å². The quantitative estimate of drug-likeness (QED) is 0.753. The van der Waals surface area contributed by atoms with Crippen molar-refractivity contribution in [3.63, 3.8) is 0 Å². The summed E-state index contributed by atoms with van der Waals surface area (Å²) >= 11 is 0. The van der Waals surface area contributed by atoms with Gasteiger partial charge in [-0.25, -0.2) is 0 Å². The van der Waals surface area contributed by atoms with Crippen LogP contribution in [0.3, 0.4) is 0 Å². The fourth-order valence-electron chi connectivity index (χ4n) is 1.89. The molecule has 3 rings (SSSR count). The number of rotatable bonds is 5. The third-order valence-corrected chi connectivity index (χ3v) is 3.08. The molecule has 0 aliphatic rings. The minimum atomic E-state index is 0.370. The van der Waals surface area contributed by atoms with Gasteiger partial charge in [0.2, 0.25) is 0 Å². The minimum absolute atomic E-state index is 0.370. The third kappa shape index (κ3) is 3.76. The van der Waals surface area contributed by atoms with Crippen LogP contribution in [0.25, 0.3) is 0 Å². The SMILES string of the molecule is Cc1ccc(Nc2nnc(NCc3ccccc3)nn2)cc1. The van der Waals surface area contributed by atoms with E-state index in [1.54, 1.807) is 0 Å². The van der Waals surface area contributed by atoms with Crippen molar-refractivity contribution in [2.24, 2.45) is 0 Å². The summed E-state index contributed by atoms with van der Waals surface area (Å²) in [5, 5.41) is 22.2. The maximum absolute atomic E-state index is 4.01. The zero-order chi connectivity index (χ0) is 15.2. The topological polar surface area (TPSA) is 75.6 Å². The van der Waals surface area contributed by atoms with Gasteiger partial charge in [0.25, 0.3) is 11.9 Å². The van der Waals surface area contributed by atoms with Gasteiger partial charge in [-0.15, -0.1) is 20.4 Å². The summed E-state index contributed by atoms with van der Waals surface area (Å²) in [7, 11) is 0. The number of anilines is 3. The van der Waals surface area contributed by atoms with Crippen molar-refractivity contribution in [2.75, 3.05) is 10.6 Å². The molecule has 1 heterocycles. The standard InChI is InChI=1S/C16H16N6/c1-12-7-9-14(10-8-12)18-16-21-19-15(20-22-16)17-11-13-5-3-2-4-6-13/h2-10H,11H2,1H3,(H,17,19,20)(H,18,21,22). The molecular weight excluding hydrogens is 276 g/mol. The van der Waals surface area contributed by atoms with Gasteiger partial charge in [0.15, 0.2) is 0 Å². The maximum atomic E-state index is 4.01. The van der Waals surface area contributed by atoms with Crippen molar-refractivity contribution in [3.05, 3.63) is 65.7 Å². The number of aromatic nitrogens is 4. The molecule has 0 saturated heterocycles. The molecule has 110 valence electrons. The second-order valence-electron chi connectivity index (χ2n) is 4.88. The molecule has 22 heavy (non-hydrogen) atoms. The molecule has 2 N–H and O–H groups in total. The van der Waals surface area contributed by atoms with E-state index in [0.717, 1.165) is 11.3 Å². The average Bonchev–Trinajstić information content (AvgIpc) is 2.57. The van der Waals surface area contributed by atoms with Gasteiger partial charge in [-0.2, -0.15) is 0 Å². The van der Waals surface area contributed by atoms with E-state index in [1.807, 2.05) is 61.5 Å². The van der Waals surface area contributed by atoms with E-state index in [9.17, 15) is 0 Å². The van der Waals surface area contributed by atoms with Gasteiger partial charge in [0.05, 0.1) is 0 Å². The van der Waals surface area contributed by atoms with Gasteiger partial charge < -0.3 is 10.6 Å². The normalized spacial score (nSPS) is 10.2. The molecule has 2 aromatic carbocycles. The highest BCUT2D eigenvalue weighted by molar-refractivity contribution is 5.52. The summed E-state index contributed by atoms with van der Waals surface area (Å²) in [6, 6.07) is 18.0. The van der Waals surface area contributed by atoms with Crippen molar-refractivity contribution in [1.29, 1.82) is 0 Å². The Labute approximate surface area is 128 Å². The lowest BCUT2D eigenvalue weighted by molar-refractivity contribution is 0.858. The van der Waals surface area contributed by atoms with Crippen LogP contribution < -0.4 is 10.6 Å². The number of benzene rings is 2. The molecule has 0 aliphatic carbocycles. The van der Waals surface area contributed by atoms with Crippen molar-refractivity contribution in [3.8, 4) is 0 Å². The van der Waals surface area contributed by atoms with Crippen molar-refractivity contribution < 1.29 is 0 Å². The summed E-state index contributed by atoms with van der Waals surface area (Å²) in [6.07, 6.45) is 0. The van der Waals surface area contributed by atoms with E-state index >= 15 is 0 Å². The highest BCUT2D eigenvalue weighted by atomic mass is 15.4. The van der Waals surface area contributed by atoms with Crippen LogP contribution in [0.4, 0.5) is 17.6 Å². The van der Waals surface area contributed by atoms with E-state index in [4.69, 9.17) is 0 Å². The molecule has 0 unspecified atom stereocenters. The van der Waals surface area contributed by atoms with Crippen molar-refractivity contribution in [2.45, 2.75) is 13.5 Å². The molecule has 0 atom stereocenters. The summed E-state index contributed by atoms with van der Waals surface area (Å²) < 4.78 is 0. The Morgan fingerprint density at radius 2 is 1.41 bits per heavy atom. The predicted octanol–water partition coefficient (Wildman–Crippen LogP) is 2.93. The van der Waals surface area contributed by atoms with Gasteiger partial charge in [-0.05, 0) is 24.6 Å². The van der Waals surface area contributed by atoms with Gasteiger partial charge in [0.1, 0.15) is 0 Å². The van der Waals surface area contributed by atoms with Crippen LogP contribution in [0.1, 0.15) is 11.1 Å². The largest absolute Gasteiger partial charge is 0.348 e. The summed E-state index contributed by atoms with van der Waals surface area (Å²) in [5.41, 5.74) is 3.25. The van der Waals surface area contributed by atoms with E-state index in [0.29, 0.717) is 18.4 Å². The van der Waals surface area contributed by atoms with Crippen LogP contribution in [0.5, 0.6) is 0 Å². The molecule has 0 spiro atoms. The zero-order valence-electron chi connectivity index (χ0n) is 12.2. The Balaban J connectivity index is 1.59.